The van der Waals surface area contributed by atoms with E-state index in [9.17, 15) is 0 Å². The summed E-state index contributed by atoms with van der Waals surface area (Å²) < 4.78 is 1.21. The zero-order chi connectivity index (χ0) is 13.9. The van der Waals surface area contributed by atoms with Crippen molar-refractivity contribution in [3.63, 3.8) is 0 Å². The number of hydrogen-bond donors (Lipinski definition) is 2. The van der Waals surface area contributed by atoms with Crippen molar-refractivity contribution in [1.82, 2.24) is 5.43 Å². The zero-order valence-corrected chi connectivity index (χ0v) is 13.0. The molecule has 0 aromatic heterocycles. The quantitative estimate of drug-likeness (QED) is 0.413. The van der Waals surface area contributed by atoms with Crippen LogP contribution in [0.4, 0.5) is 0 Å². The van der Waals surface area contributed by atoms with Crippen LogP contribution in [0.25, 0.3) is 10.8 Å². The molecule has 3 N–H and O–H groups in total. The second kappa shape index (κ2) is 5.91. The fraction of sp³-hybridized carbons (Fsp3) is 0.0588. The van der Waals surface area contributed by atoms with Crippen molar-refractivity contribution in [3.8, 4) is 0 Å². The van der Waals surface area contributed by atoms with E-state index >= 15 is 0 Å². The first kappa shape index (κ1) is 13.5. The number of halogens is 1. The molecular weight excluding hydrogens is 359 g/mol. The summed E-state index contributed by atoms with van der Waals surface area (Å²) in [6.07, 6.45) is 0. The van der Waals surface area contributed by atoms with Crippen LogP contribution in [-0.2, 0) is 0 Å². The number of fused-ring (bicyclic) bond motifs is 1. The molecule has 0 aliphatic rings. The predicted molar refractivity (Wildman–Crippen MR) is 92.3 cm³/mol. The third-order valence-electron chi connectivity index (χ3n) is 3.46. The molecule has 0 bridgehead atoms. The van der Waals surface area contributed by atoms with Gasteiger partial charge in [-0.05, 0) is 62.7 Å². The number of hydrogen-bond acceptors (Lipinski definition) is 2. The first-order valence-corrected chi connectivity index (χ1v) is 7.56. The molecule has 2 nitrogen and oxygen atoms in total. The smallest absolute Gasteiger partial charge is 0.0710 e. The number of nitrogens with two attached hydrogens (primary N) is 1. The van der Waals surface area contributed by atoms with Crippen molar-refractivity contribution in [2.75, 3.05) is 0 Å². The van der Waals surface area contributed by atoms with Crippen LogP contribution in [0, 0.1) is 3.57 Å². The van der Waals surface area contributed by atoms with Gasteiger partial charge in [0.2, 0.25) is 0 Å². The van der Waals surface area contributed by atoms with Crippen molar-refractivity contribution >= 4 is 33.4 Å². The van der Waals surface area contributed by atoms with Crippen LogP contribution in [0.5, 0.6) is 0 Å². The van der Waals surface area contributed by atoms with Crippen LogP contribution in [0.2, 0.25) is 0 Å². The van der Waals surface area contributed by atoms with E-state index < -0.39 is 0 Å². The Hall–Kier alpha value is -1.43. The number of nitrogens with one attached hydrogen (secondary N) is 1. The van der Waals surface area contributed by atoms with Crippen LogP contribution in [0.1, 0.15) is 17.2 Å². The Kier molecular flexibility index (Phi) is 4.00. The Balaban J connectivity index is 2.07. The summed E-state index contributed by atoms with van der Waals surface area (Å²) in [6, 6.07) is 23.2. The van der Waals surface area contributed by atoms with Gasteiger partial charge in [0.1, 0.15) is 0 Å². The summed E-state index contributed by atoms with van der Waals surface area (Å²) in [6.45, 7) is 0. The van der Waals surface area contributed by atoms with E-state index in [0.29, 0.717) is 0 Å². The fourth-order valence-corrected chi connectivity index (χ4v) is 3.03. The highest BCUT2D eigenvalue weighted by atomic mass is 127. The lowest BCUT2D eigenvalue weighted by Crippen LogP contribution is -2.28. The van der Waals surface area contributed by atoms with Gasteiger partial charge in [0.05, 0.1) is 6.04 Å². The average Bonchev–Trinajstić information content (AvgIpc) is 2.48. The highest BCUT2D eigenvalue weighted by Crippen LogP contribution is 2.25. The highest BCUT2D eigenvalue weighted by molar-refractivity contribution is 14.1. The van der Waals surface area contributed by atoms with Crippen molar-refractivity contribution in [2.24, 2.45) is 5.84 Å². The Labute approximate surface area is 132 Å². The van der Waals surface area contributed by atoms with E-state index in [1.54, 1.807) is 0 Å². The van der Waals surface area contributed by atoms with Crippen LogP contribution in [0.15, 0.2) is 66.7 Å². The van der Waals surface area contributed by atoms with Gasteiger partial charge in [-0.3, -0.25) is 5.84 Å². The molecule has 0 heterocycles. The van der Waals surface area contributed by atoms with Gasteiger partial charge in [0.15, 0.2) is 0 Å². The molecule has 0 amide bonds. The predicted octanol–water partition coefficient (Wildman–Crippen LogP) is 4.00. The Morgan fingerprint density at radius 3 is 2.30 bits per heavy atom. The van der Waals surface area contributed by atoms with E-state index in [1.807, 2.05) is 0 Å². The molecule has 0 aliphatic carbocycles. The average molecular weight is 374 g/mol. The minimum absolute atomic E-state index is 0.00863. The van der Waals surface area contributed by atoms with Gasteiger partial charge >= 0.3 is 0 Å². The van der Waals surface area contributed by atoms with Crippen LogP contribution in [0.3, 0.4) is 0 Å². The Morgan fingerprint density at radius 2 is 1.55 bits per heavy atom. The van der Waals surface area contributed by atoms with Gasteiger partial charge in [0, 0.05) is 3.57 Å². The summed E-state index contributed by atoms with van der Waals surface area (Å²) in [5, 5.41) is 2.48. The molecule has 1 atom stereocenters. The maximum absolute atomic E-state index is 5.78. The normalized spacial score (nSPS) is 12.5. The molecule has 3 heteroatoms. The SMILES string of the molecule is NNC(c1cccc(I)c1)c1ccc2ccccc2c1. The first-order chi connectivity index (χ1) is 9.78. The van der Waals surface area contributed by atoms with Gasteiger partial charge < -0.3 is 0 Å². The fourth-order valence-electron chi connectivity index (χ4n) is 2.46. The van der Waals surface area contributed by atoms with Gasteiger partial charge in [-0.15, -0.1) is 0 Å². The highest BCUT2D eigenvalue weighted by Gasteiger charge is 2.12. The molecule has 0 saturated heterocycles. The van der Waals surface area contributed by atoms with Crippen molar-refractivity contribution in [1.29, 1.82) is 0 Å². The second-order valence-corrected chi connectivity index (χ2v) is 6.01. The molecule has 3 aromatic rings. The van der Waals surface area contributed by atoms with E-state index in [0.717, 1.165) is 0 Å². The summed E-state index contributed by atoms with van der Waals surface area (Å²) in [5.41, 5.74) is 5.27. The Bertz CT molecular complexity index is 740. The number of benzene rings is 3. The monoisotopic (exact) mass is 374 g/mol. The van der Waals surface area contributed by atoms with E-state index in [4.69, 9.17) is 5.84 Å². The lowest BCUT2D eigenvalue weighted by Gasteiger charge is -2.18. The third kappa shape index (κ3) is 2.70. The largest absolute Gasteiger partial charge is 0.271 e. The zero-order valence-electron chi connectivity index (χ0n) is 10.9. The van der Waals surface area contributed by atoms with Gasteiger partial charge in [-0.25, -0.2) is 5.43 Å². The lowest BCUT2D eigenvalue weighted by atomic mass is 9.97. The van der Waals surface area contributed by atoms with E-state index in [-0.39, 0.29) is 6.04 Å². The molecule has 0 fully saturated rings. The number of hydrazine groups is 1. The molecule has 20 heavy (non-hydrogen) atoms. The van der Waals surface area contributed by atoms with Gasteiger partial charge in [0.25, 0.3) is 0 Å². The standard InChI is InChI=1S/C17H15IN2/c18-16-7-3-6-14(11-16)17(20-19)15-9-8-12-4-1-2-5-13(12)10-15/h1-11,17,20H,19H2. The maximum atomic E-state index is 5.78. The third-order valence-corrected chi connectivity index (χ3v) is 4.13. The van der Waals surface area contributed by atoms with Crippen molar-refractivity contribution < 1.29 is 0 Å². The minimum atomic E-state index is 0.00863. The van der Waals surface area contributed by atoms with E-state index in [2.05, 4.69) is 94.7 Å². The van der Waals surface area contributed by atoms with Crippen molar-refractivity contribution in [3.05, 3.63) is 81.4 Å². The molecule has 0 spiro atoms. The maximum Gasteiger partial charge on any atom is 0.0710 e. The van der Waals surface area contributed by atoms with Crippen molar-refractivity contribution in [2.45, 2.75) is 6.04 Å². The minimum Gasteiger partial charge on any atom is -0.271 e. The van der Waals surface area contributed by atoms with E-state index in [1.165, 1.54) is 25.5 Å². The molecule has 3 aromatic carbocycles. The Morgan fingerprint density at radius 1 is 0.800 bits per heavy atom. The molecular formula is C17H15IN2. The molecule has 0 aliphatic heterocycles. The van der Waals surface area contributed by atoms with Crippen LogP contribution >= 0.6 is 22.6 Å². The summed E-state index contributed by atoms with van der Waals surface area (Å²) >= 11 is 2.32. The van der Waals surface area contributed by atoms with Gasteiger partial charge in [-0.2, -0.15) is 0 Å². The second-order valence-electron chi connectivity index (χ2n) is 4.76. The summed E-state index contributed by atoms with van der Waals surface area (Å²) in [4.78, 5) is 0. The lowest BCUT2D eigenvalue weighted by molar-refractivity contribution is 0.637. The number of rotatable bonds is 3. The molecule has 0 saturated carbocycles. The summed E-state index contributed by atoms with van der Waals surface area (Å²) in [7, 11) is 0. The molecule has 3 rings (SSSR count). The molecule has 1 unspecified atom stereocenters. The van der Waals surface area contributed by atoms with Crippen LogP contribution in [-0.4, -0.2) is 0 Å². The molecule has 100 valence electrons. The summed E-state index contributed by atoms with van der Waals surface area (Å²) in [5.74, 6) is 5.78. The van der Waals surface area contributed by atoms with Gasteiger partial charge in [-0.1, -0.05) is 48.5 Å². The first-order valence-electron chi connectivity index (χ1n) is 6.48. The van der Waals surface area contributed by atoms with Crippen LogP contribution < -0.4 is 11.3 Å². The topological polar surface area (TPSA) is 38.0 Å². The molecule has 0 radical (unpaired) electrons.